The number of carbonyl (C=O) groups is 1. The number of nitrogens with two attached hydrogens (primary N) is 1. The highest BCUT2D eigenvalue weighted by Crippen LogP contribution is 2.60. The van der Waals surface area contributed by atoms with Gasteiger partial charge in [0, 0.05) is 17.8 Å². The van der Waals surface area contributed by atoms with Crippen molar-refractivity contribution in [1.29, 1.82) is 0 Å². The zero-order valence-corrected chi connectivity index (χ0v) is 14.4. The predicted octanol–water partition coefficient (Wildman–Crippen LogP) is 3.06. The van der Waals surface area contributed by atoms with Crippen molar-refractivity contribution in [3.8, 4) is 5.75 Å². The van der Waals surface area contributed by atoms with Gasteiger partial charge in [-0.05, 0) is 62.0 Å². The van der Waals surface area contributed by atoms with Crippen molar-refractivity contribution in [2.24, 2.45) is 23.2 Å². The average Bonchev–Trinajstić information content (AvgIpc) is 2.58. The van der Waals surface area contributed by atoms with Crippen LogP contribution in [0.4, 0.5) is 11.4 Å². The summed E-state index contributed by atoms with van der Waals surface area (Å²) in [6, 6.07) is 6.29. The van der Waals surface area contributed by atoms with Crippen molar-refractivity contribution in [1.82, 2.24) is 0 Å². The van der Waals surface area contributed by atoms with E-state index >= 15 is 0 Å². The highest BCUT2D eigenvalue weighted by Gasteiger charge is 2.59. The first-order valence-electron chi connectivity index (χ1n) is 8.83. The van der Waals surface area contributed by atoms with Crippen LogP contribution >= 0.6 is 0 Å². The number of esters is 1. The lowest BCUT2D eigenvalue weighted by atomic mass is 9.48. The van der Waals surface area contributed by atoms with Crippen LogP contribution in [0.2, 0.25) is 0 Å². The molecule has 0 spiro atoms. The molecule has 5 nitrogen and oxygen atoms in total. The minimum absolute atomic E-state index is 0.00880. The van der Waals surface area contributed by atoms with Gasteiger partial charge in [-0.3, -0.25) is 4.79 Å². The second kappa shape index (κ2) is 5.57. The number of hydrogen-bond donors (Lipinski definition) is 2. The molecule has 5 rings (SSSR count). The van der Waals surface area contributed by atoms with E-state index in [1.165, 1.54) is 20.0 Å². The minimum Gasteiger partial charge on any atom is -0.495 e. The standard InChI is InChI=1S/C19H26N2O3/c1-23-16-7-14(3-4-15(16)20)21-17-12-5-11-6-13(17)10-19(8-11,9-12)18(22)24-2/h3-4,7,11-13,17,21H,5-6,8-10,20H2,1-2H3. The number of rotatable bonds is 4. The third-order valence-corrected chi connectivity index (χ3v) is 6.46. The summed E-state index contributed by atoms with van der Waals surface area (Å²) in [5.74, 6) is 2.47. The fourth-order valence-corrected chi connectivity index (χ4v) is 5.72. The Kier molecular flexibility index (Phi) is 3.62. The van der Waals surface area contributed by atoms with E-state index < -0.39 is 0 Å². The van der Waals surface area contributed by atoms with Crippen molar-refractivity contribution >= 4 is 17.3 Å². The second-order valence-corrected chi connectivity index (χ2v) is 7.87. The number of nitrogen functional groups attached to an aromatic ring is 1. The summed E-state index contributed by atoms with van der Waals surface area (Å²) in [6.07, 6.45) is 5.38. The minimum atomic E-state index is -0.220. The highest BCUT2D eigenvalue weighted by molar-refractivity contribution is 5.77. The van der Waals surface area contributed by atoms with Crippen molar-refractivity contribution in [2.75, 3.05) is 25.3 Å². The van der Waals surface area contributed by atoms with Crippen molar-refractivity contribution < 1.29 is 14.3 Å². The first kappa shape index (κ1) is 15.6. The van der Waals surface area contributed by atoms with Gasteiger partial charge in [0.25, 0.3) is 0 Å². The molecule has 0 radical (unpaired) electrons. The third-order valence-electron chi connectivity index (χ3n) is 6.46. The molecule has 0 aromatic heterocycles. The van der Waals surface area contributed by atoms with Gasteiger partial charge in [0.05, 0.1) is 25.3 Å². The Morgan fingerprint density at radius 2 is 1.92 bits per heavy atom. The molecule has 2 atom stereocenters. The molecule has 2 unspecified atom stereocenters. The molecule has 3 N–H and O–H groups in total. The summed E-state index contributed by atoms with van der Waals surface area (Å²) in [7, 11) is 3.16. The Labute approximate surface area is 142 Å². The normalized spacial score (nSPS) is 36.4. The average molecular weight is 330 g/mol. The van der Waals surface area contributed by atoms with E-state index in [0.717, 1.165) is 24.9 Å². The van der Waals surface area contributed by atoms with Crippen molar-refractivity contribution in [2.45, 2.75) is 38.1 Å². The molecule has 4 fully saturated rings. The molecular formula is C19H26N2O3. The summed E-state index contributed by atoms with van der Waals surface area (Å²) in [5.41, 5.74) is 7.39. The first-order valence-corrected chi connectivity index (χ1v) is 8.83. The van der Waals surface area contributed by atoms with Crippen LogP contribution in [0.15, 0.2) is 18.2 Å². The molecule has 4 saturated carbocycles. The molecule has 0 heterocycles. The second-order valence-electron chi connectivity index (χ2n) is 7.87. The van der Waals surface area contributed by atoms with E-state index in [2.05, 4.69) is 5.32 Å². The van der Waals surface area contributed by atoms with Crippen LogP contribution in [0.3, 0.4) is 0 Å². The number of ether oxygens (including phenoxy) is 2. The lowest BCUT2D eigenvalue weighted by Gasteiger charge is -2.58. The number of carbonyl (C=O) groups excluding carboxylic acids is 1. The Bertz CT molecular complexity index is 644. The zero-order chi connectivity index (χ0) is 16.9. The van der Waals surface area contributed by atoms with Crippen LogP contribution < -0.4 is 15.8 Å². The maximum absolute atomic E-state index is 12.4. The number of benzene rings is 1. The van der Waals surface area contributed by atoms with Gasteiger partial charge in [-0.2, -0.15) is 0 Å². The van der Waals surface area contributed by atoms with Crippen molar-refractivity contribution in [3.63, 3.8) is 0 Å². The Morgan fingerprint density at radius 3 is 2.54 bits per heavy atom. The summed E-state index contributed by atoms with van der Waals surface area (Å²) < 4.78 is 10.5. The molecule has 4 bridgehead atoms. The number of methoxy groups -OCH3 is 2. The summed E-state index contributed by atoms with van der Waals surface area (Å²) in [4.78, 5) is 12.4. The smallest absolute Gasteiger partial charge is 0.311 e. The van der Waals surface area contributed by atoms with Gasteiger partial charge in [0.2, 0.25) is 0 Å². The topological polar surface area (TPSA) is 73.6 Å². The SMILES string of the molecule is COC(=O)C12CC3CC(C1)C(Nc1ccc(N)c(OC)c1)C(C3)C2. The van der Waals surface area contributed by atoms with E-state index in [9.17, 15) is 4.79 Å². The van der Waals surface area contributed by atoms with Crippen molar-refractivity contribution in [3.05, 3.63) is 18.2 Å². The lowest BCUT2D eigenvalue weighted by Crippen LogP contribution is -2.58. The molecule has 5 heteroatoms. The van der Waals surface area contributed by atoms with Crippen LogP contribution in [-0.4, -0.2) is 26.2 Å². The van der Waals surface area contributed by atoms with Crippen LogP contribution in [-0.2, 0) is 9.53 Å². The lowest BCUT2D eigenvalue weighted by molar-refractivity contribution is -0.169. The maximum Gasteiger partial charge on any atom is 0.311 e. The Hall–Kier alpha value is -1.91. The van der Waals surface area contributed by atoms with Gasteiger partial charge in [-0.1, -0.05) is 0 Å². The molecule has 4 aliphatic carbocycles. The molecule has 4 aliphatic rings. The van der Waals surface area contributed by atoms with Crippen LogP contribution in [0, 0.1) is 23.2 Å². The van der Waals surface area contributed by atoms with Crippen LogP contribution in [0.1, 0.15) is 32.1 Å². The van der Waals surface area contributed by atoms with Crippen LogP contribution in [0.25, 0.3) is 0 Å². The Morgan fingerprint density at radius 1 is 1.21 bits per heavy atom. The monoisotopic (exact) mass is 330 g/mol. The quantitative estimate of drug-likeness (QED) is 0.656. The molecule has 130 valence electrons. The largest absolute Gasteiger partial charge is 0.495 e. The first-order chi connectivity index (χ1) is 11.5. The van der Waals surface area contributed by atoms with Gasteiger partial charge in [0.15, 0.2) is 0 Å². The predicted molar refractivity (Wildman–Crippen MR) is 92.8 cm³/mol. The van der Waals surface area contributed by atoms with Gasteiger partial charge in [0.1, 0.15) is 5.75 Å². The third kappa shape index (κ3) is 2.33. The zero-order valence-electron chi connectivity index (χ0n) is 14.4. The number of hydrogen-bond acceptors (Lipinski definition) is 5. The molecule has 0 aliphatic heterocycles. The molecular weight excluding hydrogens is 304 g/mol. The van der Waals surface area contributed by atoms with E-state index in [1.807, 2.05) is 18.2 Å². The summed E-state index contributed by atoms with van der Waals surface area (Å²) in [5, 5.41) is 3.71. The molecule has 1 aromatic carbocycles. The van der Waals surface area contributed by atoms with Crippen LogP contribution in [0.5, 0.6) is 5.75 Å². The van der Waals surface area contributed by atoms with Gasteiger partial charge < -0.3 is 20.5 Å². The summed E-state index contributed by atoms with van der Waals surface area (Å²) in [6.45, 7) is 0. The van der Waals surface area contributed by atoms with E-state index in [0.29, 0.717) is 35.2 Å². The molecule has 0 saturated heterocycles. The van der Waals surface area contributed by atoms with Gasteiger partial charge >= 0.3 is 5.97 Å². The molecule has 24 heavy (non-hydrogen) atoms. The van der Waals surface area contributed by atoms with E-state index in [1.54, 1.807) is 7.11 Å². The van der Waals surface area contributed by atoms with Gasteiger partial charge in [-0.25, -0.2) is 0 Å². The van der Waals surface area contributed by atoms with E-state index in [4.69, 9.17) is 15.2 Å². The number of anilines is 2. The number of nitrogens with one attached hydrogen (secondary N) is 1. The molecule has 1 aromatic rings. The fraction of sp³-hybridized carbons (Fsp3) is 0.632. The summed E-state index contributed by atoms with van der Waals surface area (Å²) >= 11 is 0. The van der Waals surface area contributed by atoms with Gasteiger partial charge in [-0.15, -0.1) is 0 Å². The molecule has 0 amide bonds. The maximum atomic E-state index is 12.4. The Balaban J connectivity index is 1.56. The highest BCUT2D eigenvalue weighted by atomic mass is 16.5. The van der Waals surface area contributed by atoms with E-state index in [-0.39, 0.29) is 11.4 Å². The fourth-order valence-electron chi connectivity index (χ4n) is 5.72.